The second kappa shape index (κ2) is 7.74. The van der Waals surface area contributed by atoms with E-state index in [0.29, 0.717) is 17.8 Å². The normalized spacial score (nSPS) is 11.0. The summed E-state index contributed by atoms with van der Waals surface area (Å²) in [7, 11) is 1.78. The average Bonchev–Trinajstić information content (AvgIpc) is 3.10. The summed E-state index contributed by atoms with van der Waals surface area (Å²) in [5.74, 6) is 0.905. The molecule has 1 amide bonds. The predicted molar refractivity (Wildman–Crippen MR) is 104 cm³/mol. The maximum atomic E-state index is 12.7. The summed E-state index contributed by atoms with van der Waals surface area (Å²) in [4.78, 5) is 27.8. The van der Waals surface area contributed by atoms with Gasteiger partial charge in [-0.2, -0.15) is 0 Å². The first-order valence-electron chi connectivity index (χ1n) is 8.54. The van der Waals surface area contributed by atoms with Gasteiger partial charge in [0.15, 0.2) is 0 Å². The van der Waals surface area contributed by atoms with Crippen LogP contribution in [0.3, 0.4) is 0 Å². The van der Waals surface area contributed by atoms with Crippen LogP contribution in [0, 0.1) is 6.92 Å². The summed E-state index contributed by atoms with van der Waals surface area (Å²) < 4.78 is 0. The molecule has 0 aliphatic heterocycles. The lowest BCUT2D eigenvalue weighted by Crippen LogP contribution is -2.27. The Morgan fingerprint density at radius 1 is 1.19 bits per heavy atom. The number of nitrogens with zero attached hydrogens (tertiary/aromatic N) is 4. The van der Waals surface area contributed by atoms with Gasteiger partial charge in [0.05, 0.1) is 23.5 Å². The van der Waals surface area contributed by atoms with E-state index in [4.69, 9.17) is 0 Å². The highest BCUT2D eigenvalue weighted by Crippen LogP contribution is 2.24. The van der Waals surface area contributed by atoms with Crippen molar-refractivity contribution in [3.05, 3.63) is 64.7 Å². The van der Waals surface area contributed by atoms with E-state index in [1.54, 1.807) is 29.5 Å². The summed E-state index contributed by atoms with van der Waals surface area (Å²) >= 11 is 1.59. The Morgan fingerprint density at radius 3 is 2.58 bits per heavy atom. The maximum absolute atomic E-state index is 12.7. The molecule has 2 heterocycles. The monoisotopic (exact) mass is 366 g/mol. The topological polar surface area (TPSA) is 59.0 Å². The molecule has 0 aliphatic carbocycles. The number of hydrogen-bond acceptors (Lipinski definition) is 5. The SMILES string of the molecule is Cc1nc(C(C)C)ncc1C(=O)N(C)Cc1csc(-c2ccccc2)n1. The molecule has 3 rings (SSSR count). The lowest BCUT2D eigenvalue weighted by Gasteiger charge is -2.17. The number of benzene rings is 1. The highest BCUT2D eigenvalue weighted by Gasteiger charge is 2.18. The quantitative estimate of drug-likeness (QED) is 0.675. The van der Waals surface area contributed by atoms with Crippen molar-refractivity contribution in [1.29, 1.82) is 0 Å². The van der Waals surface area contributed by atoms with Gasteiger partial charge in [-0.05, 0) is 6.92 Å². The summed E-state index contributed by atoms with van der Waals surface area (Å²) in [6, 6.07) is 10.0. The zero-order valence-corrected chi connectivity index (χ0v) is 16.2. The zero-order chi connectivity index (χ0) is 18.7. The molecule has 26 heavy (non-hydrogen) atoms. The van der Waals surface area contributed by atoms with Crippen LogP contribution in [0.4, 0.5) is 0 Å². The molecule has 0 fully saturated rings. The average molecular weight is 366 g/mol. The minimum Gasteiger partial charge on any atom is -0.336 e. The van der Waals surface area contributed by atoms with Gasteiger partial charge in [0, 0.05) is 30.1 Å². The molecular formula is C20H22N4OS. The van der Waals surface area contributed by atoms with Crippen molar-refractivity contribution >= 4 is 17.2 Å². The smallest absolute Gasteiger partial charge is 0.257 e. The highest BCUT2D eigenvalue weighted by atomic mass is 32.1. The Morgan fingerprint density at radius 2 is 1.92 bits per heavy atom. The van der Waals surface area contributed by atoms with E-state index in [0.717, 1.165) is 22.1 Å². The van der Waals surface area contributed by atoms with Gasteiger partial charge in [-0.1, -0.05) is 44.2 Å². The number of aromatic nitrogens is 3. The minimum atomic E-state index is -0.0907. The van der Waals surface area contributed by atoms with Gasteiger partial charge in [0.2, 0.25) is 0 Å². The largest absolute Gasteiger partial charge is 0.336 e. The molecule has 3 aromatic rings. The van der Waals surface area contributed by atoms with Crippen molar-refractivity contribution in [1.82, 2.24) is 19.9 Å². The van der Waals surface area contributed by atoms with Crippen LogP contribution < -0.4 is 0 Å². The fourth-order valence-corrected chi connectivity index (χ4v) is 3.40. The number of aryl methyl sites for hydroxylation is 1. The van der Waals surface area contributed by atoms with Gasteiger partial charge >= 0.3 is 0 Å². The van der Waals surface area contributed by atoms with Gasteiger partial charge in [-0.25, -0.2) is 15.0 Å². The molecule has 2 aromatic heterocycles. The Kier molecular flexibility index (Phi) is 5.42. The summed E-state index contributed by atoms with van der Waals surface area (Å²) in [5.41, 5.74) is 3.22. The van der Waals surface area contributed by atoms with E-state index < -0.39 is 0 Å². The molecule has 6 heteroatoms. The van der Waals surface area contributed by atoms with Crippen molar-refractivity contribution < 1.29 is 4.79 Å². The molecule has 0 unspecified atom stereocenters. The van der Waals surface area contributed by atoms with Gasteiger partial charge in [-0.15, -0.1) is 11.3 Å². The Bertz CT molecular complexity index is 905. The Balaban J connectivity index is 1.73. The molecule has 0 aliphatic rings. The molecule has 0 saturated carbocycles. The molecule has 1 aromatic carbocycles. The third-order valence-corrected chi connectivity index (χ3v) is 5.00. The van der Waals surface area contributed by atoms with E-state index in [9.17, 15) is 4.79 Å². The van der Waals surface area contributed by atoms with Crippen LogP contribution in [0.5, 0.6) is 0 Å². The summed E-state index contributed by atoms with van der Waals surface area (Å²) in [6.07, 6.45) is 1.63. The van der Waals surface area contributed by atoms with Crippen LogP contribution in [0.2, 0.25) is 0 Å². The van der Waals surface area contributed by atoms with E-state index >= 15 is 0 Å². The highest BCUT2D eigenvalue weighted by molar-refractivity contribution is 7.13. The van der Waals surface area contributed by atoms with Gasteiger partial charge in [0.1, 0.15) is 10.8 Å². The molecule has 0 atom stereocenters. The van der Waals surface area contributed by atoms with Crippen LogP contribution in [-0.2, 0) is 6.54 Å². The lowest BCUT2D eigenvalue weighted by molar-refractivity contribution is 0.0782. The first kappa shape index (κ1) is 18.2. The fraction of sp³-hybridized carbons (Fsp3) is 0.300. The molecule has 0 radical (unpaired) electrons. The molecule has 0 N–H and O–H groups in total. The first-order chi connectivity index (χ1) is 12.5. The summed E-state index contributed by atoms with van der Waals surface area (Å²) in [5, 5.41) is 2.96. The Labute approximate surface area is 157 Å². The first-order valence-corrected chi connectivity index (χ1v) is 9.42. The zero-order valence-electron chi connectivity index (χ0n) is 15.4. The second-order valence-corrected chi connectivity index (χ2v) is 7.41. The van der Waals surface area contributed by atoms with Crippen LogP contribution in [0.15, 0.2) is 41.9 Å². The second-order valence-electron chi connectivity index (χ2n) is 6.55. The van der Waals surface area contributed by atoms with Gasteiger partial charge < -0.3 is 4.90 Å². The van der Waals surface area contributed by atoms with Gasteiger partial charge in [-0.3, -0.25) is 4.79 Å². The van der Waals surface area contributed by atoms with Crippen molar-refractivity contribution in [2.75, 3.05) is 7.05 Å². The molecular weight excluding hydrogens is 344 g/mol. The van der Waals surface area contributed by atoms with E-state index in [1.807, 2.05) is 56.5 Å². The summed E-state index contributed by atoms with van der Waals surface area (Å²) in [6.45, 7) is 6.38. The number of hydrogen-bond donors (Lipinski definition) is 0. The number of rotatable bonds is 5. The van der Waals surface area contributed by atoms with E-state index in [1.165, 1.54) is 0 Å². The number of amides is 1. The molecule has 0 bridgehead atoms. The number of carbonyl (C=O) groups excluding carboxylic acids is 1. The molecule has 0 saturated heterocycles. The molecule has 0 spiro atoms. The van der Waals surface area contributed by atoms with Crippen LogP contribution >= 0.6 is 11.3 Å². The van der Waals surface area contributed by atoms with Crippen molar-refractivity contribution in [2.45, 2.75) is 33.2 Å². The third-order valence-electron chi connectivity index (χ3n) is 4.06. The van der Waals surface area contributed by atoms with Crippen LogP contribution in [0.1, 0.15) is 47.3 Å². The minimum absolute atomic E-state index is 0.0907. The van der Waals surface area contributed by atoms with E-state index in [2.05, 4.69) is 15.0 Å². The maximum Gasteiger partial charge on any atom is 0.257 e. The lowest BCUT2D eigenvalue weighted by atomic mass is 10.1. The fourth-order valence-electron chi connectivity index (χ4n) is 2.59. The van der Waals surface area contributed by atoms with Gasteiger partial charge in [0.25, 0.3) is 5.91 Å². The van der Waals surface area contributed by atoms with Crippen LogP contribution in [-0.4, -0.2) is 32.8 Å². The standard InChI is InChI=1S/C20H22N4OS/c1-13(2)18-21-10-17(14(3)22-18)20(25)24(4)11-16-12-26-19(23-16)15-8-6-5-7-9-15/h5-10,12-13H,11H2,1-4H3. The molecule has 134 valence electrons. The predicted octanol–water partition coefficient (Wildman–Crippen LogP) is 4.30. The molecule has 5 nitrogen and oxygen atoms in total. The third kappa shape index (κ3) is 3.96. The van der Waals surface area contributed by atoms with E-state index in [-0.39, 0.29) is 11.8 Å². The van der Waals surface area contributed by atoms with Crippen molar-refractivity contribution in [2.24, 2.45) is 0 Å². The van der Waals surface area contributed by atoms with Crippen molar-refractivity contribution in [3.63, 3.8) is 0 Å². The van der Waals surface area contributed by atoms with Crippen LogP contribution in [0.25, 0.3) is 10.6 Å². The van der Waals surface area contributed by atoms with Crippen molar-refractivity contribution in [3.8, 4) is 10.6 Å². The number of thiazole rings is 1. The number of carbonyl (C=O) groups is 1. The Hall–Kier alpha value is -2.60.